The summed E-state index contributed by atoms with van der Waals surface area (Å²) in [5.74, 6) is -3.79. The predicted octanol–water partition coefficient (Wildman–Crippen LogP) is 0.145. The zero-order valence-electron chi connectivity index (χ0n) is 60.6. The number of carbonyl (C=O) groups is 7. The number of aliphatic hydroxyl groups is 3. The molecule has 598 valence electrons. The normalized spacial score (nSPS) is 21.7. The van der Waals surface area contributed by atoms with Crippen LogP contribution in [-0.4, -0.2) is 244 Å². The van der Waals surface area contributed by atoms with E-state index in [2.05, 4.69) is 103 Å². The zero-order valence-corrected chi connectivity index (χ0v) is 65.4. The summed E-state index contributed by atoms with van der Waals surface area (Å²) < 4.78 is 119. The number of nitrogens with zero attached hydrogens (tertiary/aromatic N) is 11. The monoisotopic (exact) mass is 1610 g/mol. The molecule has 0 bridgehead atoms. The van der Waals surface area contributed by atoms with E-state index in [-0.39, 0.29) is 38.5 Å². The lowest BCUT2D eigenvalue weighted by Gasteiger charge is -2.24. The predicted molar refractivity (Wildman–Crippen MR) is 371 cm³/mol. The van der Waals surface area contributed by atoms with Gasteiger partial charge in [0, 0.05) is 48.5 Å². The Morgan fingerprint density at radius 1 is 0.557 bits per heavy atom. The number of nitrogen functional groups attached to an aromatic ring is 2. The van der Waals surface area contributed by atoms with Crippen LogP contribution in [0.4, 0.5) is 37.0 Å². The molecule has 3 saturated heterocycles. The molecule has 4 aromatic rings. The average Bonchev–Trinajstić information content (AvgIpc) is 1.65. The Labute approximate surface area is 609 Å². The van der Waals surface area contributed by atoms with Gasteiger partial charge in [0.1, 0.15) is 85.5 Å². The van der Waals surface area contributed by atoms with E-state index < -0.39 is 188 Å². The first-order valence-electron chi connectivity index (χ1n) is 30.9. The van der Waals surface area contributed by atoms with Crippen molar-refractivity contribution in [2.75, 3.05) is 41.3 Å². The number of carbonyl (C=O) groups excluding carboxylic acids is 7. The molecule has 3 fully saturated rings. The molecule has 4 aromatic heterocycles. The van der Waals surface area contributed by atoms with Crippen LogP contribution in [0.1, 0.15) is 68.3 Å². The second-order valence-corrected chi connectivity index (χ2v) is 46.2. The van der Waals surface area contributed by atoms with Gasteiger partial charge in [-0.05, 0) is 39.3 Å². The minimum Gasteiger partial charge on any atom is -0.518 e. The Balaban J connectivity index is 0.000000662. The number of anilines is 4. The summed E-state index contributed by atoms with van der Waals surface area (Å²) in [5.41, 5.74) is 3.02. The fourth-order valence-corrected chi connectivity index (χ4v) is 13.3. The number of rotatable bonds is 20. The molecule has 51 heteroatoms. The zero-order chi connectivity index (χ0) is 80.7. The molecule has 0 spiro atoms. The second kappa shape index (κ2) is 41.2. The van der Waals surface area contributed by atoms with E-state index >= 15 is 0 Å². The smallest absolute Gasteiger partial charge is 0.518 e. The molecule has 0 aliphatic carbocycles. The maximum Gasteiger partial charge on any atom is 0.522 e. The van der Waals surface area contributed by atoms with Crippen molar-refractivity contribution in [3.8, 4) is 6.01 Å². The minimum absolute atomic E-state index is 0. The van der Waals surface area contributed by atoms with Gasteiger partial charge in [-0.15, -0.1) is 0 Å². The number of nitrogens with two attached hydrogens (primary N) is 2. The van der Waals surface area contributed by atoms with Gasteiger partial charge in [0.05, 0.1) is 6.61 Å². The molecule has 7 heterocycles. The number of hydrogen-bond acceptors (Lipinski definition) is 40. The van der Waals surface area contributed by atoms with Crippen molar-refractivity contribution in [2.24, 2.45) is 0 Å². The summed E-state index contributed by atoms with van der Waals surface area (Å²) in [6.07, 6.45) is -8.72. The molecule has 106 heavy (non-hydrogen) atoms. The van der Waals surface area contributed by atoms with Gasteiger partial charge >= 0.3 is 80.5 Å². The van der Waals surface area contributed by atoms with E-state index in [1.54, 1.807) is 0 Å². The standard InChI is InChI=1S/C17H26N4O8Si.C13H18O9.C9H20N4OSi2.C8H12N4O5.C4H9F3O3SSi.C3H4N4O.CH4/c1-9(22)26-7-12-13(27-10(2)23)14(28-11(3)24)15(29-12)21-8-18-16(19-17(21)25)20-30(4,5)6;1-6(14)18-5-10-11(19-7(2)15)12(20-8(3)16)13(22-10)21-9(4)17;1-15(2,3)13-8-10-7-11-9(12-8)14-16(4,5)6;9-7-10-2-12(8(16)11-7)6-5(15)4(14)3(1-13)17-6;1-12(2,3)10-11(8,9)4(5,6)7;4-2-5-1-6-3(8)7-2;/h8,12-15H,7H2,1-6H3,(H,19,20,25);10-13H,5H2,1-4H3;7H,1-6H3,(H,10,11,12,13);2-6,13-15H,1H2,(H2,9,11,16);1-3H3;1H,(H3,4,5,6,7,8);1H4/t12-,13+,14?,15-;10-,11+,12?,13?;;3-,4+,5?,6-;;;/m11.1.../s1. The van der Waals surface area contributed by atoms with Crippen molar-refractivity contribution in [3.05, 3.63) is 56.8 Å². The van der Waals surface area contributed by atoms with Gasteiger partial charge in [-0.1, -0.05) is 46.7 Å². The van der Waals surface area contributed by atoms with Crippen LogP contribution in [-0.2, 0) is 94.9 Å². The van der Waals surface area contributed by atoms with E-state index in [1.807, 2.05) is 19.6 Å². The van der Waals surface area contributed by atoms with Crippen LogP contribution >= 0.6 is 0 Å². The molecule has 0 amide bonds. The number of esters is 7. The van der Waals surface area contributed by atoms with E-state index in [9.17, 15) is 79.7 Å². The summed E-state index contributed by atoms with van der Waals surface area (Å²) >= 11 is 0. The molecule has 43 nitrogen and oxygen atoms in total. The van der Waals surface area contributed by atoms with Crippen LogP contribution in [0.5, 0.6) is 6.01 Å². The first-order chi connectivity index (χ1) is 48.0. The molecule has 0 radical (unpaired) electrons. The number of aromatic nitrogens is 12. The molecular weight excluding hydrogens is 1520 g/mol. The Kier molecular flexibility index (Phi) is 37.0. The quantitative estimate of drug-likeness (QED) is 0.0253. The van der Waals surface area contributed by atoms with Crippen LogP contribution in [0, 0.1) is 0 Å². The maximum absolute atomic E-state index is 12.6. The molecule has 10 N–H and O–H groups in total. The highest BCUT2D eigenvalue weighted by atomic mass is 32.2. The van der Waals surface area contributed by atoms with E-state index in [0.717, 1.165) is 42.6 Å². The van der Waals surface area contributed by atoms with Crippen molar-refractivity contribution >= 4 is 109 Å². The van der Waals surface area contributed by atoms with Crippen molar-refractivity contribution in [1.29, 1.82) is 0 Å². The lowest BCUT2D eigenvalue weighted by Crippen LogP contribution is -2.42. The van der Waals surface area contributed by atoms with E-state index in [4.69, 9.17) is 68.4 Å². The third-order valence-corrected chi connectivity index (χ3v) is 17.8. The van der Waals surface area contributed by atoms with E-state index in [1.165, 1.54) is 60.0 Å². The molecule has 3 aliphatic heterocycles. The fourth-order valence-electron chi connectivity index (χ4n) is 8.10. The summed E-state index contributed by atoms with van der Waals surface area (Å²) in [7, 11) is -13.0. The Morgan fingerprint density at radius 2 is 0.991 bits per heavy atom. The lowest BCUT2D eigenvalue weighted by molar-refractivity contribution is -0.197. The molecular formula is C55H93F3N16O27SSi4. The number of aliphatic hydroxyl groups excluding tert-OH is 3. The number of ether oxygens (including phenoxy) is 10. The fraction of sp³-hybridized carbons (Fsp3) is 0.655. The molecule has 12 atom stereocenters. The summed E-state index contributed by atoms with van der Waals surface area (Å²) in [5, 5.41) is 28.1. The number of halogens is 3. The van der Waals surface area contributed by atoms with Gasteiger partial charge in [-0.3, -0.25) is 47.7 Å². The molecule has 4 unspecified atom stereocenters. The minimum atomic E-state index is -5.39. The van der Waals surface area contributed by atoms with Gasteiger partial charge in [-0.2, -0.15) is 46.5 Å². The highest BCUT2D eigenvalue weighted by molar-refractivity contribution is 7.88. The van der Waals surface area contributed by atoms with Gasteiger partial charge in [0.15, 0.2) is 30.8 Å². The molecule has 0 saturated carbocycles. The topological polar surface area (TPSA) is 594 Å². The lowest BCUT2D eigenvalue weighted by atomic mass is 10.1. The van der Waals surface area contributed by atoms with E-state index in [0.29, 0.717) is 12.0 Å². The van der Waals surface area contributed by atoms with Crippen molar-refractivity contribution in [2.45, 2.75) is 214 Å². The Morgan fingerprint density at radius 3 is 1.39 bits per heavy atom. The highest BCUT2D eigenvalue weighted by Crippen LogP contribution is 2.35. The van der Waals surface area contributed by atoms with Crippen molar-refractivity contribution < 1.29 is 126 Å². The number of alkyl halides is 3. The Hall–Kier alpha value is -8.94. The molecule has 0 aromatic carbocycles. The molecule has 3 aliphatic rings. The number of nitrogens with one attached hydrogen (secondary N) is 3. The maximum atomic E-state index is 12.6. The van der Waals surface area contributed by atoms with Crippen LogP contribution in [0.3, 0.4) is 0 Å². The van der Waals surface area contributed by atoms with Gasteiger partial charge in [-0.25, -0.2) is 34.3 Å². The number of aromatic amines is 1. The Bertz CT molecular complexity index is 3850. The van der Waals surface area contributed by atoms with Crippen molar-refractivity contribution in [1.82, 2.24) is 59.0 Å². The van der Waals surface area contributed by atoms with Crippen LogP contribution in [0.15, 0.2) is 39.7 Å². The largest absolute Gasteiger partial charge is 0.522 e. The highest BCUT2D eigenvalue weighted by Gasteiger charge is 2.53. The molecule has 7 rings (SSSR count). The van der Waals surface area contributed by atoms with Gasteiger partial charge in [0.2, 0.25) is 52.8 Å². The van der Waals surface area contributed by atoms with Crippen LogP contribution < -0.4 is 42.9 Å². The SMILES string of the molecule is C.CC(=O)OC[C@H]1OC(OC(C)=O)C(OC(C)=O)[C@H]1OC(C)=O.CC(=O)OC[C@H]1O[C@@H](n2cnc(N[Si](C)(C)C)nc2=O)C(OC(C)=O)[C@H]1OC(C)=O.C[Si](C)(C)Nc1ncnc(O[Si](C)(C)C)n1.C[Si](C)(C)OS(=O)(=O)C(F)(F)F.Nc1ncn([C@@H]2O[C@H](CO)[C@H](O)C2O)c(=O)n1.Nc1ncnc(=O)[nH]1. The number of H-pyrrole nitrogens is 1. The van der Waals surface area contributed by atoms with Crippen LogP contribution in [0.2, 0.25) is 78.6 Å². The summed E-state index contributed by atoms with van der Waals surface area (Å²) in [6, 6.07) is 0.426. The van der Waals surface area contributed by atoms with Gasteiger partial charge < -0.3 is 92.4 Å². The van der Waals surface area contributed by atoms with Crippen LogP contribution in [0.25, 0.3) is 0 Å². The first kappa shape index (κ1) is 95.1. The summed E-state index contributed by atoms with van der Waals surface area (Å²) in [6.45, 7) is 30.2. The summed E-state index contributed by atoms with van der Waals surface area (Å²) in [4.78, 5) is 156. The third kappa shape index (κ3) is 35.0. The van der Waals surface area contributed by atoms with Gasteiger partial charge in [0.25, 0.3) is 0 Å². The first-order valence-corrected chi connectivity index (χ1v) is 46.1. The second-order valence-electron chi connectivity index (χ2n) is 26.0. The third-order valence-electron chi connectivity index (χ3n) is 11.7. The van der Waals surface area contributed by atoms with Crippen molar-refractivity contribution in [3.63, 3.8) is 0 Å². The number of hydrogen-bond donors (Lipinski definition) is 8. The average molecular weight is 1610 g/mol.